The summed E-state index contributed by atoms with van der Waals surface area (Å²) >= 11 is 0. The molecule has 7 heteroatoms. The standard InChI is InChI=1S/C25H23N3O4/c1-16-13-19(17(2)28(16)21-11-7-8-12-22(21)32-3)14-20-23(29)26-25(31)27(24(20)30)15-18-9-5-4-6-10-18/h4-14H,15H2,1-3H3,(H,26,29,31)/b20-14+. The number of urea groups is 1. The summed E-state index contributed by atoms with van der Waals surface area (Å²) in [6.07, 6.45) is 1.54. The maximum atomic E-state index is 13.1. The third kappa shape index (κ3) is 3.80. The number of amides is 4. The third-order valence-corrected chi connectivity index (χ3v) is 5.47. The Balaban J connectivity index is 1.72. The minimum atomic E-state index is -0.722. The van der Waals surface area contributed by atoms with Crippen molar-refractivity contribution in [1.29, 1.82) is 0 Å². The number of carbonyl (C=O) groups excluding carboxylic acids is 3. The van der Waals surface area contributed by atoms with Crippen LogP contribution >= 0.6 is 0 Å². The zero-order chi connectivity index (χ0) is 22.8. The van der Waals surface area contributed by atoms with E-state index in [2.05, 4.69) is 5.32 Å². The Bertz CT molecular complexity index is 1240. The van der Waals surface area contributed by atoms with Gasteiger partial charge in [-0.2, -0.15) is 0 Å². The van der Waals surface area contributed by atoms with Gasteiger partial charge in [0.15, 0.2) is 0 Å². The minimum Gasteiger partial charge on any atom is -0.495 e. The Kier molecular flexibility index (Phi) is 5.64. The molecule has 162 valence electrons. The molecule has 0 atom stereocenters. The largest absolute Gasteiger partial charge is 0.495 e. The molecular weight excluding hydrogens is 406 g/mol. The molecule has 1 fully saturated rings. The number of hydrogen-bond donors (Lipinski definition) is 1. The van der Waals surface area contributed by atoms with Crippen LogP contribution in [-0.4, -0.2) is 34.4 Å². The molecule has 0 aliphatic carbocycles. The van der Waals surface area contributed by atoms with Gasteiger partial charge in [-0.15, -0.1) is 0 Å². The van der Waals surface area contributed by atoms with Crippen LogP contribution in [0.3, 0.4) is 0 Å². The van der Waals surface area contributed by atoms with Crippen LogP contribution < -0.4 is 10.1 Å². The number of para-hydroxylation sites is 2. The summed E-state index contributed by atoms with van der Waals surface area (Å²) in [5.74, 6) is -0.615. The van der Waals surface area contributed by atoms with Gasteiger partial charge in [0.1, 0.15) is 11.3 Å². The maximum absolute atomic E-state index is 13.1. The average Bonchev–Trinajstić information content (AvgIpc) is 3.07. The van der Waals surface area contributed by atoms with E-state index in [1.54, 1.807) is 7.11 Å². The number of rotatable bonds is 5. The predicted octanol–water partition coefficient (Wildman–Crippen LogP) is 3.76. The third-order valence-electron chi connectivity index (χ3n) is 5.47. The number of nitrogens with one attached hydrogen (secondary N) is 1. The molecule has 4 amide bonds. The van der Waals surface area contributed by atoms with Gasteiger partial charge in [-0.05, 0) is 49.2 Å². The number of nitrogens with zero attached hydrogens (tertiary/aromatic N) is 2. The average molecular weight is 429 g/mol. The van der Waals surface area contributed by atoms with E-state index < -0.39 is 17.8 Å². The molecule has 1 aliphatic heterocycles. The first kappa shape index (κ1) is 21.1. The van der Waals surface area contributed by atoms with Gasteiger partial charge >= 0.3 is 6.03 Å². The molecule has 1 aliphatic rings. The van der Waals surface area contributed by atoms with E-state index in [1.165, 1.54) is 6.08 Å². The van der Waals surface area contributed by atoms with E-state index in [0.29, 0.717) is 11.3 Å². The monoisotopic (exact) mass is 429 g/mol. The molecule has 1 aromatic heterocycles. The van der Waals surface area contributed by atoms with Gasteiger partial charge in [0, 0.05) is 11.4 Å². The van der Waals surface area contributed by atoms with E-state index >= 15 is 0 Å². The number of aromatic nitrogens is 1. The zero-order valence-corrected chi connectivity index (χ0v) is 18.1. The fourth-order valence-electron chi connectivity index (χ4n) is 3.88. The highest BCUT2D eigenvalue weighted by Crippen LogP contribution is 2.29. The topological polar surface area (TPSA) is 80.6 Å². The Morgan fingerprint density at radius 2 is 1.66 bits per heavy atom. The van der Waals surface area contributed by atoms with E-state index in [4.69, 9.17) is 4.74 Å². The van der Waals surface area contributed by atoms with Gasteiger partial charge in [-0.3, -0.25) is 19.8 Å². The molecule has 32 heavy (non-hydrogen) atoms. The maximum Gasteiger partial charge on any atom is 0.331 e. The summed E-state index contributed by atoms with van der Waals surface area (Å²) < 4.78 is 7.49. The molecule has 0 radical (unpaired) electrons. The first-order valence-corrected chi connectivity index (χ1v) is 10.2. The lowest BCUT2D eigenvalue weighted by atomic mass is 10.1. The van der Waals surface area contributed by atoms with Gasteiger partial charge in [0.25, 0.3) is 11.8 Å². The smallest absolute Gasteiger partial charge is 0.331 e. The Morgan fingerprint density at radius 3 is 2.38 bits per heavy atom. The normalized spacial score (nSPS) is 15.3. The SMILES string of the molecule is COc1ccccc1-n1c(C)cc(/C=C2\C(=O)NC(=O)N(Cc3ccccc3)C2=O)c1C. The molecule has 1 N–H and O–H groups in total. The number of aryl methyl sites for hydroxylation is 1. The number of carbonyl (C=O) groups is 3. The first-order valence-electron chi connectivity index (χ1n) is 10.2. The molecule has 2 aromatic carbocycles. The molecule has 0 saturated carbocycles. The summed E-state index contributed by atoms with van der Waals surface area (Å²) in [6.45, 7) is 3.93. The molecule has 3 aromatic rings. The van der Waals surface area contributed by atoms with Crippen molar-refractivity contribution in [3.63, 3.8) is 0 Å². The number of barbiturate groups is 1. The molecule has 0 spiro atoms. The van der Waals surface area contributed by atoms with Crippen LogP contribution in [0, 0.1) is 13.8 Å². The predicted molar refractivity (Wildman–Crippen MR) is 120 cm³/mol. The molecule has 0 unspecified atom stereocenters. The summed E-state index contributed by atoms with van der Waals surface area (Å²) in [5, 5.41) is 2.27. The second-order valence-corrected chi connectivity index (χ2v) is 7.53. The lowest BCUT2D eigenvalue weighted by molar-refractivity contribution is -0.130. The van der Waals surface area contributed by atoms with Crippen molar-refractivity contribution in [1.82, 2.24) is 14.8 Å². The Labute approximate surface area is 185 Å². The van der Waals surface area contributed by atoms with Crippen molar-refractivity contribution in [2.75, 3.05) is 7.11 Å². The first-order chi connectivity index (χ1) is 15.4. The molecule has 0 bridgehead atoms. The van der Waals surface area contributed by atoms with Crippen molar-refractivity contribution in [3.8, 4) is 11.4 Å². The van der Waals surface area contributed by atoms with Crippen molar-refractivity contribution in [3.05, 3.63) is 88.8 Å². The molecular formula is C25H23N3O4. The van der Waals surface area contributed by atoms with Crippen LogP contribution in [0.2, 0.25) is 0 Å². The zero-order valence-electron chi connectivity index (χ0n) is 18.1. The lowest BCUT2D eigenvalue weighted by Gasteiger charge is -2.26. The van der Waals surface area contributed by atoms with E-state index in [1.807, 2.05) is 79.1 Å². The van der Waals surface area contributed by atoms with Crippen molar-refractivity contribution >= 4 is 23.9 Å². The van der Waals surface area contributed by atoms with Crippen molar-refractivity contribution in [2.24, 2.45) is 0 Å². The molecule has 1 saturated heterocycles. The van der Waals surface area contributed by atoms with Crippen molar-refractivity contribution < 1.29 is 19.1 Å². The lowest BCUT2D eigenvalue weighted by Crippen LogP contribution is -2.53. The second kappa shape index (κ2) is 8.55. The van der Waals surface area contributed by atoms with Crippen LogP contribution in [0.1, 0.15) is 22.5 Å². The summed E-state index contributed by atoms with van der Waals surface area (Å²) in [7, 11) is 1.61. The summed E-state index contributed by atoms with van der Waals surface area (Å²) in [5.41, 5.74) is 4.03. The van der Waals surface area contributed by atoms with E-state index in [9.17, 15) is 14.4 Å². The van der Waals surface area contributed by atoms with E-state index in [0.717, 1.165) is 27.5 Å². The fourth-order valence-corrected chi connectivity index (χ4v) is 3.88. The highest BCUT2D eigenvalue weighted by atomic mass is 16.5. The van der Waals surface area contributed by atoms with Gasteiger partial charge in [0.2, 0.25) is 0 Å². The van der Waals surface area contributed by atoms with Gasteiger partial charge in [-0.25, -0.2) is 4.79 Å². The Hall–Kier alpha value is -4.13. The summed E-state index contributed by atoms with van der Waals surface area (Å²) in [4.78, 5) is 39.0. The number of methoxy groups -OCH3 is 1. The second-order valence-electron chi connectivity index (χ2n) is 7.53. The van der Waals surface area contributed by atoms with E-state index in [-0.39, 0.29) is 12.1 Å². The highest BCUT2D eigenvalue weighted by molar-refractivity contribution is 6.31. The fraction of sp³-hybridized carbons (Fsp3) is 0.160. The quantitative estimate of drug-likeness (QED) is 0.495. The van der Waals surface area contributed by atoms with Crippen LogP contribution in [0.5, 0.6) is 5.75 Å². The molecule has 4 rings (SSSR count). The van der Waals surface area contributed by atoms with Crippen LogP contribution in [0.4, 0.5) is 4.79 Å². The summed E-state index contributed by atoms with van der Waals surface area (Å²) in [6, 6.07) is 17.9. The molecule has 2 heterocycles. The number of ether oxygens (including phenoxy) is 1. The number of hydrogen-bond acceptors (Lipinski definition) is 4. The molecule has 7 nitrogen and oxygen atoms in total. The van der Waals surface area contributed by atoms with Gasteiger partial charge < -0.3 is 9.30 Å². The van der Waals surface area contributed by atoms with Gasteiger partial charge in [0.05, 0.1) is 19.3 Å². The van der Waals surface area contributed by atoms with Crippen LogP contribution in [0.25, 0.3) is 11.8 Å². The number of benzene rings is 2. The minimum absolute atomic E-state index is 0.0797. The highest BCUT2D eigenvalue weighted by Gasteiger charge is 2.36. The van der Waals surface area contributed by atoms with Crippen molar-refractivity contribution in [2.45, 2.75) is 20.4 Å². The van der Waals surface area contributed by atoms with Gasteiger partial charge in [-0.1, -0.05) is 42.5 Å². The Morgan fingerprint density at radius 1 is 0.969 bits per heavy atom. The van der Waals surface area contributed by atoms with Crippen LogP contribution in [-0.2, 0) is 16.1 Å². The van der Waals surface area contributed by atoms with Crippen LogP contribution in [0.15, 0.2) is 66.2 Å². The number of imide groups is 2.